The molecule has 0 bridgehead atoms. The highest BCUT2D eigenvalue weighted by Gasteiger charge is 2.12. The first-order valence-corrected chi connectivity index (χ1v) is 7.60. The van der Waals surface area contributed by atoms with E-state index in [-0.39, 0.29) is 0 Å². The molecule has 0 aliphatic carbocycles. The fraction of sp³-hybridized carbons (Fsp3) is 0.250. The molecule has 2 aromatic carbocycles. The van der Waals surface area contributed by atoms with Crippen LogP contribution in [0.15, 0.2) is 41.3 Å². The van der Waals surface area contributed by atoms with Gasteiger partial charge in [0, 0.05) is 5.69 Å². The highest BCUT2D eigenvalue weighted by molar-refractivity contribution is 7.84. The van der Waals surface area contributed by atoms with Gasteiger partial charge in [0.05, 0.1) is 21.4 Å². The average Bonchev–Trinajstić information content (AvgIpc) is 2.34. The van der Waals surface area contributed by atoms with E-state index >= 15 is 0 Å². The van der Waals surface area contributed by atoms with Crippen LogP contribution in [0.1, 0.15) is 22.3 Å². The molecule has 2 rings (SSSR count). The van der Waals surface area contributed by atoms with Gasteiger partial charge in [0.1, 0.15) is 0 Å². The summed E-state index contributed by atoms with van der Waals surface area (Å²) in [5, 5.41) is 0. The lowest BCUT2D eigenvalue weighted by molar-refractivity contribution is 0.682. The molecule has 3 heteroatoms. The van der Waals surface area contributed by atoms with Crippen LogP contribution in [0.25, 0.3) is 0 Å². The first kappa shape index (κ1) is 13.8. The van der Waals surface area contributed by atoms with Crippen LogP contribution in [0.3, 0.4) is 0 Å². The Hall–Kier alpha value is -1.61. The lowest BCUT2D eigenvalue weighted by Crippen LogP contribution is -2.04. The summed E-state index contributed by atoms with van der Waals surface area (Å²) in [6.07, 6.45) is 0. The van der Waals surface area contributed by atoms with E-state index in [1.54, 1.807) is 6.07 Å². The van der Waals surface area contributed by atoms with E-state index in [2.05, 4.69) is 32.9 Å². The van der Waals surface area contributed by atoms with Crippen molar-refractivity contribution in [2.24, 2.45) is 0 Å². The number of hydrogen-bond donors (Lipinski definition) is 1. The molecule has 2 aromatic rings. The van der Waals surface area contributed by atoms with Crippen LogP contribution in [-0.2, 0) is 16.6 Å². The maximum absolute atomic E-state index is 12.5. The maximum Gasteiger partial charge on any atom is 0.0620 e. The summed E-state index contributed by atoms with van der Waals surface area (Å²) in [5.41, 5.74) is 11.3. The smallest absolute Gasteiger partial charge is 0.0620 e. The van der Waals surface area contributed by atoms with Crippen LogP contribution in [0.4, 0.5) is 5.69 Å². The summed E-state index contributed by atoms with van der Waals surface area (Å²) in [6.45, 7) is 6.22. The van der Waals surface area contributed by atoms with Crippen molar-refractivity contribution < 1.29 is 4.21 Å². The van der Waals surface area contributed by atoms with E-state index in [0.717, 1.165) is 10.5 Å². The first-order valence-electron chi connectivity index (χ1n) is 6.28. The molecule has 0 spiro atoms. The summed E-state index contributed by atoms with van der Waals surface area (Å²) >= 11 is 0. The summed E-state index contributed by atoms with van der Waals surface area (Å²) in [5.74, 6) is 0.520. The molecule has 0 aromatic heterocycles. The second-order valence-corrected chi connectivity index (χ2v) is 6.32. The van der Waals surface area contributed by atoms with Gasteiger partial charge < -0.3 is 5.73 Å². The Kier molecular flexibility index (Phi) is 4.05. The molecule has 0 heterocycles. The average molecular weight is 273 g/mol. The van der Waals surface area contributed by atoms with Crippen molar-refractivity contribution in [3.63, 3.8) is 0 Å². The van der Waals surface area contributed by atoms with E-state index < -0.39 is 10.8 Å². The normalized spacial score (nSPS) is 12.4. The standard InChI is InChI=1S/C16H19NOS/c1-11-8-12(2)14(13(3)9-11)10-19(18)16-7-5-4-6-15(16)17/h4-9H,10,17H2,1-3H3. The highest BCUT2D eigenvalue weighted by atomic mass is 32.2. The van der Waals surface area contributed by atoms with E-state index in [1.807, 2.05) is 18.2 Å². The zero-order valence-corrected chi connectivity index (χ0v) is 12.4. The van der Waals surface area contributed by atoms with Gasteiger partial charge in [-0.25, -0.2) is 0 Å². The van der Waals surface area contributed by atoms with Gasteiger partial charge in [0.15, 0.2) is 0 Å². The van der Waals surface area contributed by atoms with Gasteiger partial charge in [0.25, 0.3) is 0 Å². The van der Waals surface area contributed by atoms with Crippen LogP contribution in [0.5, 0.6) is 0 Å². The Morgan fingerprint density at radius 3 is 2.21 bits per heavy atom. The van der Waals surface area contributed by atoms with Crippen molar-refractivity contribution >= 4 is 16.5 Å². The zero-order chi connectivity index (χ0) is 14.0. The third-order valence-electron chi connectivity index (χ3n) is 3.28. The van der Waals surface area contributed by atoms with Gasteiger partial charge in [-0.3, -0.25) is 4.21 Å². The Morgan fingerprint density at radius 2 is 1.63 bits per heavy atom. The molecule has 1 atom stereocenters. The Bertz CT molecular complexity index is 611. The molecule has 2 N–H and O–H groups in total. The number of aryl methyl sites for hydroxylation is 3. The second kappa shape index (κ2) is 5.57. The number of anilines is 1. The Labute approximate surface area is 117 Å². The molecule has 0 radical (unpaired) electrons. The van der Waals surface area contributed by atoms with Crippen LogP contribution in [0, 0.1) is 20.8 Å². The molecule has 19 heavy (non-hydrogen) atoms. The molecule has 1 unspecified atom stereocenters. The highest BCUT2D eigenvalue weighted by Crippen LogP contribution is 2.23. The van der Waals surface area contributed by atoms with Crippen molar-refractivity contribution in [2.75, 3.05) is 5.73 Å². The first-order chi connectivity index (χ1) is 8.99. The number of nitrogens with two attached hydrogens (primary N) is 1. The maximum atomic E-state index is 12.5. The molecule has 100 valence electrons. The van der Waals surface area contributed by atoms with Crippen molar-refractivity contribution in [1.29, 1.82) is 0 Å². The largest absolute Gasteiger partial charge is 0.398 e. The minimum absolute atomic E-state index is 0.520. The van der Waals surface area contributed by atoms with Crippen molar-refractivity contribution in [2.45, 2.75) is 31.4 Å². The predicted molar refractivity (Wildman–Crippen MR) is 81.6 cm³/mol. The second-order valence-electron chi connectivity index (χ2n) is 4.90. The summed E-state index contributed by atoms with van der Waals surface area (Å²) in [4.78, 5) is 0.724. The summed E-state index contributed by atoms with van der Waals surface area (Å²) in [7, 11) is -1.10. The summed E-state index contributed by atoms with van der Waals surface area (Å²) in [6, 6.07) is 11.6. The van der Waals surface area contributed by atoms with Gasteiger partial charge in [0.2, 0.25) is 0 Å². The van der Waals surface area contributed by atoms with Gasteiger partial charge >= 0.3 is 0 Å². The van der Waals surface area contributed by atoms with Gasteiger partial charge in [-0.15, -0.1) is 0 Å². The lowest BCUT2D eigenvalue weighted by Gasteiger charge is -2.12. The molecule has 0 fully saturated rings. The number of para-hydroxylation sites is 1. The number of hydrogen-bond acceptors (Lipinski definition) is 2. The van der Waals surface area contributed by atoms with Gasteiger partial charge in [-0.1, -0.05) is 29.8 Å². The molecular weight excluding hydrogens is 254 g/mol. The van der Waals surface area contributed by atoms with E-state index in [9.17, 15) is 4.21 Å². The third kappa shape index (κ3) is 3.04. The Morgan fingerprint density at radius 1 is 1.05 bits per heavy atom. The van der Waals surface area contributed by atoms with E-state index in [4.69, 9.17) is 5.73 Å². The van der Waals surface area contributed by atoms with Crippen molar-refractivity contribution in [3.05, 3.63) is 58.7 Å². The fourth-order valence-electron chi connectivity index (χ4n) is 2.33. The van der Waals surface area contributed by atoms with Gasteiger partial charge in [-0.2, -0.15) is 0 Å². The topological polar surface area (TPSA) is 43.1 Å². The molecule has 2 nitrogen and oxygen atoms in total. The number of rotatable bonds is 3. The SMILES string of the molecule is Cc1cc(C)c(CS(=O)c2ccccc2N)c(C)c1. The minimum atomic E-state index is -1.10. The molecule has 0 aliphatic heterocycles. The number of benzene rings is 2. The monoisotopic (exact) mass is 273 g/mol. The fourth-order valence-corrected chi connectivity index (χ4v) is 3.77. The van der Waals surface area contributed by atoms with Crippen molar-refractivity contribution in [1.82, 2.24) is 0 Å². The predicted octanol–water partition coefficient (Wildman–Crippen LogP) is 3.50. The third-order valence-corrected chi connectivity index (χ3v) is 4.69. The van der Waals surface area contributed by atoms with E-state index in [1.165, 1.54) is 16.7 Å². The van der Waals surface area contributed by atoms with Crippen LogP contribution >= 0.6 is 0 Å². The quantitative estimate of drug-likeness (QED) is 0.870. The molecule has 0 amide bonds. The molecular formula is C16H19NOS. The Balaban J connectivity index is 2.32. The summed E-state index contributed by atoms with van der Waals surface area (Å²) < 4.78 is 12.5. The zero-order valence-electron chi connectivity index (χ0n) is 11.6. The van der Waals surface area contributed by atoms with Crippen LogP contribution < -0.4 is 5.73 Å². The van der Waals surface area contributed by atoms with Gasteiger partial charge in [-0.05, 0) is 49.6 Å². The van der Waals surface area contributed by atoms with Crippen molar-refractivity contribution in [3.8, 4) is 0 Å². The number of nitrogen functional groups attached to an aromatic ring is 1. The lowest BCUT2D eigenvalue weighted by atomic mass is 10.0. The molecule has 0 saturated carbocycles. The molecule has 0 saturated heterocycles. The molecule has 0 aliphatic rings. The minimum Gasteiger partial charge on any atom is -0.398 e. The van der Waals surface area contributed by atoms with Crippen LogP contribution in [-0.4, -0.2) is 4.21 Å². The van der Waals surface area contributed by atoms with Crippen LogP contribution in [0.2, 0.25) is 0 Å². The van der Waals surface area contributed by atoms with E-state index in [0.29, 0.717) is 11.4 Å².